The van der Waals surface area contributed by atoms with Crippen LogP contribution in [0.1, 0.15) is 40.2 Å². The lowest BCUT2D eigenvalue weighted by Crippen LogP contribution is -2.29. The predicted molar refractivity (Wildman–Crippen MR) is 106 cm³/mol. The first kappa shape index (κ1) is 17.4. The van der Waals surface area contributed by atoms with Crippen LogP contribution < -0.4 is 0 Å². The minimum Gasteiger partial charge on any atom is -0.391 e. The number of aliphatic hydroxyl groups excluding tert-OH is 1. The van der Waals surface area contributed by atoms with Crippen molar-refractivity contribution in [2.45, 2.75) is 38.2 Å². The van der Waals surface area contributed by atoms with E-state index in [-0.39, 0.29) is 11.8 Å². The normalized spacial score (nSPS) is 21.8. The summed E-state index contributed by atoms with van der Waals surface area (Å²) in [4.78, 5) is 26.7. The number of aryl methyl sites for hydroxylation is 2. The van der Waals surface area contributed by atoms with E-state index in [9.17, 15) is 9.90 Å². The van der Waals surface area contributed by atoms with E-state index in [1.54, 1.807) is 23.5 Å². The number of β-amino-alcohol motifs (C(OH)–C–C–N with tert-alkyl or cyclic N) is 1. The lowest BCUT2D eigenvalue weighted by molar-refractivity contribution is 0.0765. The number of aliphatic hydroxyl groups is 1. The Balaban J connectivity index is 1.35. The fourth-order valence-corrected chi connectivity index (χ4v) is 4.65. The zero-order chi connectivity index (χ0) is 19.1. The number of nitrogens with zero attached hydrogens (tertiary/aromatic N) is 3. The molecule has 3 aromatic rings. The van der Waals surface area contributed by atoms with Crippen LogP contribution in [0.3, 0.4) is 0 Å². The molecule has 6 nitrogen and oxygen atoms in total. The van der Waals surface area contributed by atoms with Gasteiger partial charge in [-0.25, -0.2) is 0 Å². The van der Waals surface area contributed by atoms with Crippen LogP contribution in [-0.2, 0) is 19.3 Å². The number of fused-ring (bicyclic) bond motifs is 3. The Morgan fingerprint density at radius 2 is 2.11 bits per heavy atom. The number of hydrogen-bond donors (Lipinski definition) is 2. The average Bonchev–Trinajstić information content (AvgIpc) is 3.28. The van der Waals surface area contributed by atoms with Crippen molar-refractivity contribution < 1.29 is 9.90 Å². The molecule has 28 heavy (non-hydrogen) atoms. The highest BCUT2D eigenvalue weighted by molar-refractivity contribution is 5.99. The van der Waals surface area contributed by atoms with Gasteiger partial charge >= 0.3 is 0 Å². The summed E-state index contributed by atoms with van der Waals surface area (Å²) in [5.74, 6) is -0.0302. The second-order valence-electron chi connectivity index (χ2n) is 7.99. The van der Waals surface area contributed by atoms with E-state index in [0.29, 0.717) is 25.1 Å². The third-order valence-electron chi connectivity index (χ3n) is 6.13. The van der Waals surface area contributed by atoms with Crippen molar-refractivity contribution in [3.8, 4) is 0 Å². The van der Waals surface area contributed by atoms with Gasteiger partial charge in [-0.15, -0.1) is 0 Å². The lowest BCUT2D eigenvalue weighted by atomic mass is 9.95. The van der Waals surface area contributed by atoms with Gasteiger partial charge in [0, 0.05) is 59.8 Å². The zero-order valence-electron chi connectivity index (χ0n) is 15.8. The van der Waals surface area contributed by atoms with Gasteiger partial charge in [0.05, 0.1) is 11.8 Å². The van der Waals surface area contributed by atoms with E-state index in [1.807, 2.05) is 12.1 Å². The molecule has 144 valence electrons. The number of rotatable bonds is 3. The van der Waals surface area contributed by atoms with Crippen molar-refractivity contribution in [2.24, 2.45) is 5.92 Å². The molecular formula is C22H24N4O2. The highest BCUT2D eigenvalue weighted by Gasteiger charge is 2.34. The van der Waals surface area contributed by atoms with E-state index in [4.69, 9.17) is 0 Å². The number of H-pyrrole nitrogens is 1. The molecule has 2 aliphatic rings. The van der Waals surface area contributed by atoms with Crippen LogP contribution in [0.25, 0.3) is 10.9 Å². The second kappa shape index (κ2) is 7.02. The molecule has 1 aliphatic carbocycles. The van der Waals surface area contributed by atoms with Crippen molar-refractivity contribution in [3.05, 3.63) is 59.3 Å². The smallest absolute Gasteiger partial charge is 0.254 e. The molecule has 1 fully saturated rings. The Bertz CT molecular complexity index is 1010. The maximum atomic E-state index is 13.1. The summed E-state index contributed by atoms with van der Waals surface area (Å²) in [6.45, 7) is 0.902. The largest absolute Gasteiger partial charge is 0.391 e. The molecule has 1 aliphatic heterocycles. The van der Waals surface area contributed by atoms with E-state index in [0.717, 1.165) is 24.1 Å². The maximum Gasteiger partial charge on any atom is 0.254 e. The van der Waals surface area contributed by atoms with E-state index in [1.165, 1.54) is 29.5 Å². The summed E-state index contributed by atoms with van der Waals surface area (Å²) in [6, 6.07) is 5.97. The van der Waals surface area contributed by atoms with Gasteiger partial charge in [-0.3, -0.25) is 14.8 Å². The maximum absolute atomic E-state index is 13.1. The molecule has 0 saturated carbocycles. The van der Waals surface area contributed by atoms with Gasteiger partial charge in [0.2, 0.25) is 0 Å². The summed E-state index contributed by atoms with van der Waals surface area (Å²) < 4.78 is 0. The van der Waals surface area contributed by atoms with Crippen molar-refractivity contribution in [3.63, 3.8) is 0 Å². The molecule has 1 aromatic carbocycles. The molecule has 2 unspecified atom stereocenters. The lowest BCUT2D eigenvalue weighted by Gasteiger charge is -2.16. The molecule has 5 rings (SSSR count). The van der Waals surface area contributed by atoms with Crippen molar-refractivity contribution >= 4 is 16.8 Å². The van der Waals surface area contributed by atoms with Crippen LogP contribution >= 0.6 is 0 Å². The van der Waals surface area contributed by atoms with Gasteiger partial charge in [0.1, 0.15) is 0 Å². The minimum absolute atomic E-state index is 0.0119. The molecular weight excluding hydrogens is 352 g/mol. The van der Waals surface area contributed by atoms with Crippen molar-refractivity contribution in [1.29, 1.82) is 0 Å². The quantitative estimate of drug-likeness (QED) is 0.736. The molecule has 1 saturated heterocycles. The van der Waals surface area contributed by atoms with Crippen LogP contribution in [0, 0.1) is 5.92 Å². The average molecular weight is 376 g/mol. The van der Waals surface area contributed by atoms with Gasteiger partial charge in [0.25, 0.3) is 5.91 Å². The Hall–Kier alpha value is -2.73. The summed E-state index contributed by atoms with van der Waals surface area (Å²) in [7, 11) is 0. The van der Waals surface area contributed by atoms with Crippen LogP contribution in [0.2, 0.25) is 0 Å². The molecule has 3 heterocycles. The first-order valence-corrected chi connectivity index (χ1v) is 10.0. The Morgan fingerprint density at radius 3 is 2.96 bits per heavy atom. The summed E-state index contributed by atoms with van der Waals surface area (Å²) in [5, 5.41) is 11.7. The predicted octanol–water partition coefficient (Wildman–Crippen LogP) is 2.51. The SMILES string of the molecule is O=C(c1ccc2c3c([nH]c2c1)CCCC3)N1CC(O)C(Cc2cnccn2)C1. The fourth-order valence-electron chi connectivity index (χ4n) is 4.65. The molecule has 0 radical (unpaired) electrons. The Morgan fingerprint density at radius 1 is 1.21 bits per heavy atom. The van der Waals surface area contributed by atoms with Gasteiger partial charge < -0.3 is 15.0 Å². The number of carbonyl (C=O) groups excluding carboxylic acids is 1. The molecule has 0 bridgehead atoms. The molecule has 1 amide bonds. The summed E-state index contributed by atoms with van der Waals surface area (Å²) in [6.07, 6.45) is 9.78. The highest BCUT2D eigenvalue weighted by Crippen LogP contribution is 2.30. The number of likely N-dealkylation sites (tertiary alicyclic amines) is 1. The monoisotopic (exact) mass is 376 g/mol. The standard InChI is InChI=1S/C22H24N4O2/c27-21-13-26(12-15(21)9-16-11-23-7-8-24-16)22(28)14-5-6-18-17-3-1-2-4-19(17)25-20(18)10-14/h5-8,10-11,15,21,25,27H,1-4,9,12-13H2. The van der Waals surface area contributed by atoms with Gasteiger partial charge in [-0.1, -0.05) is 6.07 Å². The van der Waals surface area contributed by atoms with Gasteiger partial charge in [-0.2, -0.15) is 0 Å². The number of benzene rings is 1. The topological polar surface area (TPSA) is 82.1 Å². The van der Waals surface area contributed by atoms with Gasteiger partial charge in [-0.05, 0) is 49.8 Å². The molecule has 6 heteroatoms. The van der Waals surface area contributed by atoms with E-state index >= 15 is 0 Å². The molecule has 2 N–H and O–H groups in total. The number of aromatic nitrogens is 3. The van der Waals surface area contributed by atoms with Crippen molar-refractivity contribution in [2.75, 3.05) is 13.1 Å². The number of nitrogens with one attached hydrogen (secondary N) is 1. The minimum atomic E-state index is -0.535. The summed E-state index contributed by atoms with van der Waals surface area (Å²) >= 11 is 0. The van der Waals surface area contributed by atoms with Gasteiger partial charge in [0.15, 0.2) is 0 Å². The third kappa shape index (κ3) is 3.07. The number of aromatic amines is 1. The molecule has 2 aromatic heterocycles. The second-order valence-corrected chi connectivity index (χ2v) is 7.99. The first-order valence-electron chi connectivity index (χ1n) is 10.0. The van der Waals surface area contributed by atoms with Crippen LogP contribution in [0.5, 0.6) is 0 Å². The third-order valence-corrected chi connectivity index (χ3v) is 6.13. The van der Waals surface area contributed by atoms with Crippen LogP contribution in [0.4, 0.5) is 0 Å². The first-order chi connectivity index (χ1) is 13.7. The molecule has 0 spiro atoms. The summed E-state index contributed by atoms with van der Waals surface area (Å²) in [5.41, 5.74) is 5.32. The highest BCUT2D eigenvalue weighted by atomic mass is 16.3. The van der Waals surface area contributed by atoms with E-state index in [2.05, 4.69) is 21.0 Å². The van der Waals surface area contributed by atoms with E-state index < -0.39 is 6.10 Å². The number of carbonyl (C=O) groups is 1. The fraction of sp³-hybridized carbons (Fsp3) is 0.409. The van der Waals surface area contributed by atoms with Crippen molar-refractivity contribution in [1.82, 2.24) is 19.9 Å². The molecule has 2 atom stereocenters. The number of amides is 1. The van der Waals surface area contributed by atoms with Crippen LogP contribution in [0.15, 0.2) is 36.8 Å². The zero-order valence-corrected chi connectivity index (χ0v) is 15.8. The number of hydrogen-bond acceptors (Lipinski definition) is 4. The Labute approximate surface area is 163 Å². The van der Waals surface area contributed by atoms with Crippen LogP contribution in [-0.4, -0.2) is 50.1 Å². The Kier molecular flexibility index (Phi) is 4.36.